The Balaban J connectivity index is 1.90. The molecule has 2 aromatic rings. The molecule has 1 aromatic heterocycles. The van der Waals surface area contributed by atoms with E-state index in [0.29, 0.717) is 6.54 Å². The molecule has 17 heavy (non-hydrogen) atoms. The van der Waals surface area contributed by atoms with Gasteiger partial charge in [-0.25, -0.2) is 4.39 Å². The first-order valence-corrected chi connectivity index (χ1v) is 6.48. The van der Waals surface area contributed by atoms with E-state index in [1.54, 1.807) is 17.4 Å². The third-order valence-electron chi connectivity index (χ3n) is 2.79. The molecule has 1 heterocycles. The van der Waals surface area contributed by atoms with Crippen molar-refractivity contribution < 1.29 is 4.39 Å². The highest BCUT2D eigenvalue weighted by Crippen LogP contribution is 2.20. The molecule has 0 aliphatic rings. The van der Waals surface area contributed by atoms with E-state index < -0.39 is 0 Å². The molecule has 0 bridgehead atoms. The molecule has 0 spiro atoms. The second kappa shape index (κ2) is 5.43. The smallest absolute Gasteiger partial charge is 0.127 e. The van der Waals surface area contributed by atoms with Crippen LogP contribution in [0.25, 0.3) is 0 Å². The highest BCUT2D eigenvalue weighted by Gasteiger charge is 2.03. The fraction of sp³-hybridized carbons (Fsp3) is 0.286. The molecule has 0 atom stereocenters. The van der Waals surface area contributed by atoms with Gasteiger partial charge in [-0.2, -0.15) is 0 Å². The Kier molecular flexibility index (Phi) is 3.92. The van der Waals surface area contributed by atoms with E-state index in [2.05, 4.69) is 25.2 Å². The van der Waals surface area contributed by atoms with Gasteiger partial charge in [-0.1, -0.05) is 18.2 Å². The Morgan fingerprint density at radius 2 is 1.94 bits per heavy atom. The minimum Gasteiger partial charge on any atom is -0.308 e. The van der Waals surface area contributed by atoms with E-state index in [0.717, 1.165) is 12.1 Å². The molecule has 90 valence electrons. The summed E-state index contributed by atoms with van der Waals surface area (Å²) in [6, 6.07) is 9.07. The molecule has 0 radical (unpaired) electrons. The molecule has 0 fully saturated rings. The van der Waals surface area contributed by atoms with Gasteiger partial charge in [0.1, 0.15) is 5.82 Å². The monoisotopic (exact) mass is 249 g/mol. The summed E-state index contributed by atoms with van der Waals surface area (Å²) in [5.41, 5.74) is 2.05. The van der Waals surface area contributed by atoms with Crippen LogP contribution in [0.3, 0.4) is 0 Å². The summed E-state index contributed by atoms with van der Waals surface area (Å²) in [5, 5.41) is 3.27. The Morgan fingerprint density at radius 1 is 1.18 bits per heavy atom. The van der Waals surface area contributed by atoms with Crippen LogP contribution in [-0.4, -0.2) is 0 Å². The Morgan fingerprint density at radius 3 is 2.59 bits per heavy atom. The van der Waals surface area contributed by atoms with Crippen LogP contribution in [0.15, 0.2) is 30.3 Å². The highest BCUT2D eigenvalue weighted by molar-refractivity contribution is 7.12. The average Bonchev–Trinajstić information content (AvgIpc) is 2.61. The fourth-order valence-electron chi connectivity index (χ4n) is 1.70. The second-order valence-electron chi connectivity index (χ2n) is 4.15. The number of benzene rings is 1. The van der Waals surface area contributed by atoms with E-state index in [4.69, 9.17) is 0 Å². The molecule has 0 saturated heterocycles. The first-order valence-electron chi connectivity index (χ1n) is 5.67. The number of hydrogen-bond donors (Lipinski definition) is 1. The molecule has 0 aliphatic heterocycles. The van der Waals surface area contributed by atoms with Crippen LogP contribution in [0.4, 0.5) is 4.39 Å². The SMILES string of the molecule is Cc1cc(CNCc2ccccc2F)sc1C. The maximum atomic E-state index is 13.3. The maximum Gasteiger partial charge on any atom is 0.127 e. The van der Waals surface area contributed by atoms with Crippen LogP contribution in [0.1, 0.15) is 20.9 Å². The van der Waals surface area contributed by atoms with E-state index in [9.17, 15) is 4.39 Å². The van der Waals surface area contributed by atoms with Gasteiger partial charge < -0.3 is 5.32 Å². The molecular formula is C14H16FNS. The number of rotatable bonds is 4. The zero-order valence-corrected chi connectivity index (χ0v) is 10.9. The van der Waals surface area contributed by atoms with Crippen molar-refractivity contribution in [3.8, 4) is 0 Å². The zero-order chi connectivity index (χ0) is 12.3. The Labute approximate surface area is 105 Å². The fourth-order valence-corrected chi connectivity index (χ4v) is 2.72. The molecule has 2 rings (SSSR count). The van der Waals surface area contributed by atoms with E-state index in [1.165, 1.54) is 21.4 Å². The highest BCUT2D eigenvalue weighted by atomic mass is 32.1. The van der Waals surface area contributed by atoms with Gasteiger partial charge in [-0.15, -0.1) is 11.3 Å². The summed E-state index contributed by atoms with van der Waals surface area (Å²) in [4.78, 5) is 2.66. The average molecular weight is 249 g/mol. The zero-order valence-electron chi connectivity index (χ0n) is 10.1. The lowest BCUT2D eigenvalue weighted by molar-refractivity contribution is 0.589. The van der Waals surface area contributed by atoms with Gasteiger partial charge in [0.05, 0.1) is 0 Å². The van der Waals surface area contributed by atoms with Crippen LogP contribution in [0, 0.1) is 19.7 Å². The van der Waals surface area contributed by atoms with Gasteiger partial charge in [0.25, 0.3) is 0 Å². The molecular weight excluding hydrogens is 233 g/mol. The van der Waals surface area contributed by atoms with Gasteiger partial charge in [0, 0.05) is 28.4 Å². The van der Waals surface area contributed by atoms with Crippen LogP contribution in [0.5, 0.6) is 0 Å². The van der Waals surface area contributed by atoms with Crippen molar-refractivity contribution in [1.82, 2.24) is 5.32 Å². The number of thiophene rings is 1. The molecule has 1 nitrogen and oxygen atoms in total. The maximum absolute atomic E-state index is 13.3. The molecule has 3 heteroatoms. The van der Waals surface area contributed by atoms with E-state index in [1.807, 2.05) is 12.1 Å². The van der Waals surface area contributed by atoms with Crippen molar-refractivity contribution in [2.24, 2.45) is 0 Å². The van der Waals surface area contributed by atoms with Crippen molar-refractivity contribution in [2.75, 3.05) is 0 Å². The van der Waals surface area contributed by atoms with Crippen molar-refractivity contribution in [3.05, 3.63) is 57.0 Å². The summed E-state index contributed by atoms with van der Waals surface area (Å²) in [7, 11) is 0. The number of nitrogens with one attached hydrogen (secondary N) is 1. The predicted molar refractivity (Wildman–Crippen MR) is 70.7 cm³/mol. The number of aryl methyl sites for hydroxylation is 2. The van der Waals surface area contributed by atoms with Crippen molar-refractivity contribution in [2.45, 2.75) is 26.9 Å². The second-order valence-corrected chi connectivity index (χ2v) is 5.49. The number of halogens is 1. The molecule has 0 unspecified atom stereocenters. The normalized spacial score (nSPS) is 10.8. The van der Waals surface area contributed by atoms with Crippen molar-refractivity contribution in [1.29, 1.82) is 0 Å². The minimum atomic E-state index is -0.140. The Bertz CT molecular complexity index is 485. The molecule has 1 N–H and O–H groups in total. The first kappa shape index (κ1) is 12.3. The summed E-state index contributed by atoms with van der Waals surface area (Å²) in [6.07, 6.45) is 0. The van der Waals surface area contributed by atoms with Gasteiger partial charge in [-0.3, -0.25) is 0 Å². The van der Waals surface area contributed by atoms with E-state index in [-0.39, 0.29) is 5.82 Å². The lowest BCUT2D eigenvalue weighted by atomic mass is 10.2. The lowest BCUT2D eigenvalue weighted by Crippen LogP contribution is -2.12. The summed E-state index contributed by atoms with van der Waals surface area (Å²) >= 11 is 1.80. The van der Waals surface area contributed by atoms with Gasteiger partial charge >= 0.3 is 0 Å². The summed E-state index contributed by atoms with van der Waals surface area (Å²) in [5.74, 6) is -0.140. The van der Waals surface area contributed by atoms with Crippen LogP contribution in [-0.2, 0) is 13.1 Å². The van der Waals surface area contributed by atoms with Crippen molar-refractivity contribution >= 4 is 11.3 Å². The van der Waals surface area contributed by atoms with E-state index >= 15 is 0 Å². The molecule has 0 aliphatic carbocycles. The quantitative estimate of drug-likeness (QED) is 0.869. The van der Waals surface area contributed by atoms with Crippen LogP contribution in [0.2, 0.25) is 0 Å². The topological polar surface area (TPSA) is 12.0 Å². The van der Waals surface area contributed by atoms with Crippen LogP contribution >= 0.6 is 11.3 Å². The van der Waals surface area contributed by atoms with Crippen LogP contribution < -0.4 is 5.32 Å². The summed E-state index contributed by atoms with van der Waals surface area (Å²) in [6.45, 7) is 5.61. The molecule has 0 saturated carbocycles. The third-order valence-corrected chi connectivity index (χ3v) is 3.94. The third kappa shape index (κ3) is 3.14. The van der Waals surface area contributed by atoms with Gasteiger partial charge in [0.2, 0.25) is 0 Å². The van der Waals surface area contributed by atoms with Crippen molar-refractivity contribution in [3.63, 3.8) is 0 Å². The van der Waals surface area contributed by atoms with Gasteiger partial charge in [0.15, 0.2) is 0 Å². The Hall–Kier alpha value is -1.19. The minimum absolute atomic E-state index is 0.140. The lowest BCUT2D eigenvalue weighted by Gasteiger charge is -2.04. The molecule has 0 amide bonds. The number of hydrogen-bond acceptors (Lipinski definition) is 2. The largest absolute Gasteiger partial charge is 0.308 e. The van der Waals surface area contributed by atoms with Gasteiger partial charge in [-0.05, 0) is 31.5 Å². The molecule has 1 aromatic carbocycles. The summed E-state index contributed by atoms with van der Waals surface area (Å²) < 4.78 is 13.3. The first-order chi connectivity index (χ1) is 8.16. The standard InChI is InChI=1S/C14H16FNS/c1-10-7-13(17-11(10)2)9-16-8-12-5-3-4-6-14(12)15/h3-7,16H,8-9H2,1-2H3. The predicted octanol–water partition coefficient (Wildman–Crippen LogP) is 3.79.